The molecule has 9 heteroatoms. The van der Waals surface area contributed by atoms with Gasteiger partial charge in [0.25, 0.3) is 0 Å². The number of hydrogen-bond acceptors (Lipinski definition) is 8. The molecule has 2 aromatic heterocycles. The number of hydrogen-bond donors (Lipinski definition) is 0. The van der Waals surface area contributed by atoms with Crippen molar-refractivity contribution >= 4 is 17.4 Å². The Balaban J connectivity index is 1.54. The van der Waals surface area contributed by atoms with Crippen molar-refractivity contribution in [2.75, 3.05) is 31.7 Å². The van der Waals surface area contributed by atoms with E-state index in [0.717, 1.165) is 65.2 Å². The summed E-state index contributed by atoms with van der Waals surface area (Å²) in [6.45, 7) is 16.1. The van der Waals surface area contributed by atoms with Gasteiger partial charge in [-0.2, -0.15) is 9.61 Å². The van der Waals surface area contributed by atoms with Gasteiger partial charge in [-0.05, 0) is 97.9 Å². The summed E-state index contributed by atoms with van der Waals surface area (Å²) < 4.78 is 26.6. The molecule has 4 aromatic rings. The van der Waals surface area contributed by atoms with Crippen LogP contribution in [-0.2, 0) is 19.0 Å². The van der Waals surface area contributed by atoms with Gasteiger partial charge in [0, 0.05) is 36.0 Å². The number of methoxy groups -OCH3 is 1. The van der Waals surface area contributed by atoms with Crippen molar-refractivity contribution in [3.63, 3.8) is 0 Å². The minimum absolute atomic E-state index is 0.0441. The number of piperidine rings is 1. The van der Waals surface area contributed by atoms with Crippen molar-refractivity contribution in [2.45, 2.75) is 97.6 Å². The average molecular weight is 667 g/mol. The number of aryl methyl sites for hydroxylation is 2. The molecule has 0 amide bonds. The van der Waals surface area contributed by atoms with Crippen LogP contribution in [0.2, 0.25) is 0 Å². The molecule has 0 N–H and O–H groups in total. The number of anilines is 1. The molecule has 6 bridgehead atoms. The molecule has 0 radical (unpaired) electrons. The Kier molecular flexibility index (Phi) is 9.87. The Bertz CT molecular complexity index is 1850. The van der Waals surface area contributed by atoms with Crippen molar-refractivity contribution in [1.29, 1.82) is 0 Å². The van der Waals surface area contributed by atoms with E-state index in [9.17, 15) is 4.79 Å². The lowest BCUT2D eigenvalue weighted by Crippen LogP contribution is -2.45. The number of ether oxygens (including phenoxy) is 4. The van der Waals surface area contributed by atoms with E-state index in [2.05, 4.69) is 80.3 Å². The summed E-state index contributed by atoms with van der Waals surface area (Å²) in [5.41, 5.74) is 6.15. The van der Waals surface area contributed by atoms with Gasteiger partial charge in [0.1, 0.15) is 11.6 Å². The Hall–Kier alpha value is -4.21. The third-order valence-corrected chi connectivity index (χ3v) is 9.44. The van der Waals surface area contributed by atoms with E-state index < -0.39 is 17.7 Å². The molecule has 260 valence electrons. The highest BCUT2D eigenvalue weighted by molar-refractivity contribution is 5.81. The van der Waals surface area contributed by atoms with E-state index in [1.165, 1.54) is 7.11 Å². The second-order valence-corrected chi connectivity index (χ2v) is 14.7. The van der Waals surface area contributed by atoms with Crippen molar-refractivity contribution in [2.24, 2.45) is 0 Å². The minimum Gasteiger partial charge on any atom is -0.490 e. The highest BCUT2D eigenvalue weighted by Crippen LogP contribution is 2.40. The highest BCUT2D eigenvalue weighted by atomic mass is 16.6. The summed E-state index contributed by atoms with van der Waals surface area (Å²) in [5, 5.41) is 5.19. The van der Waals surface area contributed by atoms with Crippen LogP contribution >= 0.6 is 0 Å². The summed E-state index contributed by atoms with van der Waals surface area (Å²) in [5.74, 6) is 1.18. The first-order chi connectivity index (χ1) is 23.3. The van der Waals surface area contributed by atoms with Crippen molar-refractivity contribution in [1.82, 2.24) is 14.6 Å². The topological polar surface area (TPSA) is 87.4 Å². The first kappa shape index (κ1) is 34.6. The SMILES string of the molecule is COC(=O)[C@@H](OC(C)(C)C)c1c(C)nc2cc3nn2c1N1CCC(C)(CC1)OC/C=C\CC[C@H](C)Oc1ccc(C)cc1-c1cccc-3c1. The van der Waals surface area contributed by atoms with E-state index in [1.807, 2.05) is 38.3 Å². The number of allylic oxidation sites excluding steroid dienone is 1. The average Bonchev–Trinajstić information content (AvgIpc) is 3.48. The summed E-state index contributed by atoms with van der Waals surface area (Å²) in [6.07, 6.45) is 6.81. The summed E-state index contributed by atoms with van der Waals surface area (Å²) in [4.78, 5) is 20.7. The third kappa shape index (κ3) is 7.68. The first-order valence-corrected chi connectivity index (χ1v) is 17.4. The second-order valence-electron chi connectivity index (χ2n) is 14.7. The molecule has 3 aliphatic rings. The molecular weight excluding hydrogens is 616 g/mol. The van der Waals surface area contributed by atoms with Gasteiger partial charge >= 0.3 is 5.97 Å². The van der Waals surface area contributed by atoms with Gasteiger partial charge in [0.05, 0.1) is 42.3 Å². The third-order valence-electron chi connectivity index (χ3n) is 9.44. The van der Waals surface area contributed by atoms with Gasteiger partial charge in [0.15, 0.2) is 11.8 Å². The Morgan fingerprint density at radius 3 is 2.53 bits per heavy atom. The fraction of sp³-hybridized carbons (Fsp3) is 0.475. The molecule has 3 aliphatic heterocycles. The smallest absolute Gasteiger partial charge is 0.339 e. The summed E-state index contributed by atoms with van der Waals surface area (Å²) in [6, 6.07) is 16.8. The lowest BCUT2D eigenvalue weighted by molar-refractivity contribution is -0.164. The fourth-order valence-electron chi connectivity index (χ4n) is 6.75. The Morgan fingerprint density at radius 1 is 1.04 bits per heavy atom. The van der Waals surface area contributed by atoms with E-state index in [1.54, 1.807) is 0 Å². The number of fused-ring (bicyclic) bond motifs is 8. The lowest BCUT2D eigenvalue weighted by Gasteiger charge is -2.41. The zero-order valence-electron chi connectivity index (χ0n) is 30.2. The van der Waals surface area contributed by atoms with Crippen LogP contribution in [0, 0.1) is 13.8 Å². The molecule has 2 atom stereocenters. The van der Waals surface area contributed by atoms with Crippen LogP contribution in [0.4, 0.5) is 5.82 Å². The molecule has 0 spiro atoms. The molecule has 0 unspecified atom stereocenters. The van der Waals surface area contributed by atoms with Gasteiger partial charge < -0.3 is 23.8 Å². The molecule has 9 nitrogen and oxygen atoms in total. The lowest BCUT2D eigenvalue weighted by atomic mass is 9.92. The number of carbonyl (C=O) groups is 1. The number of rotatable bonds is 3. The molecule has 7 rings (SSSR count). The predicted octanol–water partition coefficient (Wildman–Crippen LogP) is 8.20. The van der Waals surface area contributed by atoms with Crippen molar-refractivity contribution < 1.29 is 23.7 Å². The van der Waals surface area contributed by atoms with E-state index in [-0.39, 0.29) is 11.7 Å². The van der Waals surface area contributed by atoms with Crippen LogP contribution in [0.25, 0.3) is 28.0 Å². The Labute approximate surface area is 290 Å². The molecule has 5 heterocycles. The minimum atomic E-state index is -0.987. The highest BCUT2D eigenvalue weighted by Gasteiger charge is 2.38. The molecular formula is C40H50N4O5. The van der Waals surface area contributed by atoms with E-state index in [4.69, 9.17) is 29.0 Å². The molecule has 0 saturated carbocycles. The maximum atomic E-state index is 13.4. The molecule has 1 fully saturated rings. The van der Waals surface area contributed by atoms with E-state index >= 15 is 0 Å². The fourth-order valence-corrected chi connectivity index (χ4v) is 6.75. The maximum Gasteiger partial charge on any atom is 0.339 e. The Morgan fingerprint density at radius 2 is 1.80 bits per heavy atom. The van der Waals surface area contributed by atoms with Gasteiger partial charge in [-0.1, -0.05) is 42.0 Å². The number of aromatic nitrogens is 3. The first-order valence-electron chi connectivity index (χ1n) is 17.4. The number of esters is 1. The largest absolute Gasteiger partial charge is 0.490 e. The van der Waals surface area contributed by atoms with Crippen LogP contribution in [0.3, 0.4) is 0 Å². The van der Waals surface area contributed by atoms with Gasteiger partial charge in [-0.15, -0.1) is 0 Å². The van der Waals surface area contributed by atoms with Crippen LogP contribution in [0.1, 0.15) is 83.2 Å². The second kappa shape index (κ2) is 14.0. The van der Waals surface area contributed by atoms with Crippen LogP contribution < -0.4 is 9.64 Å². The molecule has 0 aliphatic carbocycles. The zero-order valence-corrected chi connectivity index (χ0v) is 30.2. The zero-order chi connectivity index (χ0) is 34.9. The maximum absolute atomic E-state index is 13.4. The van der Waals surface area contributed by atoms with Gasteiger partial charge in [0.2, 0.25) is 0 Å². The number of carbonyl (C=O) groups excluding carboxylic acids is 1. The van der Waals surface area contributed by atoms with Gasteiger partial charge in [-0.3, -0.25) is 0 Å². The molecule has 49 heavy (non-hydrogen) atoms. The predicted molar refractivity (Wildman–Crippen MR) is 193 cm³/mol. The summed E-state index contributed by atoms with van der Waals surface area (Å²) >= 11 is 0. The normalized spacial score (nSPS) is 21.5. The standard InChI is InChI=1S/C40H50N4O5/c1-26-16-17-33-31(23-26)29-14-12-15-30(24-29)32-25-34-41-28(3)35(36(38(45)46-8)49-39(4,5)6)37(44(34)42-32)43-20-18-40(7,19-21-43)47-22-11-9-10-13-27(2)48-33/h9,11-12,14-17,23-25,27,36H,10,13,18-22H2,1-8H3/b11-9-/t27-,36-/m0/s1. The molecule has 2 aromatic carbocycles. The monoisotopic (exact) mass is 666 g/mol. The van der Waals surface area contributed by atoms with Crippen molar-refractivity contribution in [3.05, 3.63) is 77.5 Å². The van der Waals surface area contributed by atoms with E-state index in [0.29, 0.717) is 36.6 Å². The quantitative estimate of drug-likeness (QED) is 0.160. The number of nitrogens with zero attached hydrogens (tertiary/aromatic N) is 4. The summed E-state index contributed by atoms with van der Waals surface area (Å²) in [7, 11) is 1.39. The van der Waals surface area contributed by atoms with Crippen LogP contribution in [0.15, 0.2) is 60.7 Å². The molecule has 1 saturated heterocycles. The van der Waals surface area contributed by atoms with Crippen molar-refractivity contribution in [3.8, 4) is 28.1 Å². The number of benzene rings is 2. The van der Waals surface area contributed by atoms with Gasteiger partial charge in [-0.25, -0.2) is 9.78 Å². The van der Waals surface area contributed by atoms with Crippen LogP contribution in [-0.4, -0.2) is 64.7 Å². The van der Waals surface area contributed by atoms with Crippen LogP contribution in [0.5, 0.6) is 5.75 Å².